The van der Waals surface area contributed by atoms with Crippen molar-refractivity contribution in [3.63, 3.8) is 0 Å². The van der Waals surface area contributed by atoms with Crippen LogP contribution in [0.1, 0.15) is 45.0 Å². The molecule has 2 aromatic rings. The highest BCUT2D eigenvalue weighted by Crippen LogP contribution is 2.37. The van der Waals surface area contributed by atoms with Gasteiger partial charge in [0.05, 0.1) is 5.56 Å². The highest BCUT2D eigenvalue weighted by Gasteiger charge is 2.35. The molecule has 0 saturated carbocycles. The highest BCUT2D eigenvalue weighted by atomic mass is 79.9. The number of ether oxygens (including phenoxy) is 2. The Morgan fingerprint density at radius 2 is 1.80 bits per heavy atom. The van der Waals surface area contributed by atoms with Gasteiger partial charge in [0.25, 0.3) is 0 Å². The molecule has 1 aliphatic heterocycles. The zero-order valence-corrected chi connectivity index (χ0v) is 19.0. The van der Waals surface area contributed by atoms with Crippen LogP contribution in [0.2, 0.25) is 0 Å². The summed E-state index contributed by atoms with van der Waals surface area (Å²) in [6.45, 7) is 8.77. The van der Waals surface area contributed by atoms with Gasteiger partial charge in [-0.1, -0.05) is 15.9 Å². The molecule has 8 heteroatoms. The zero-order valence-electron chi connectivity index (χ0n) is 17.4. The number of esters is 1. The van der Waals surface area contributed by atoms with Crippen LogP contribution in [0.5, 0.6) is 5.75 Å². The number of carbonyl (C=O) groups excluding carboxylic acids is 2. The van der Waals surface area contributed by atoms with Crippen LogP contribution in [0.4, 0.5) is 5.69 Å². The number of amides is 1. The van der Waals surface area contributed by atoms with Crippen LogP contribution >= 0.6 is 15.9 Å². The molecule has 7 nitrogen and oxygen atoms in total. The van der Waals surface area contributed by atoms with Gasteiger partial charge in [-0.2, -0.15) is 5.01 Å². The molecular weight excluding hydrogens is 450 g/mol. The SMILES string of the molecule is CCN(CC)c1ccc(C2=NN(C(C)=O)[C@H](c3cc(Br)ccc3OC(C)=O)O2)cc1. The lowest BCUT2D eigenvalue weighted by Crippen LogP contribution is -2.26. The molecule has 0 aliphatic carbocycles. The Bertz CT molecular complexity index is 971. The van der Waals surface area contributed by atoms with Crippen molar-refractivity contribution >= 4 is 39.4 Å². The number of hydrazone groups is 1. The third kappa shape index (κ3) is 4.64. The average molecular weight is 474 g/mol. The van der Waals surface area contributed by atoms with Gasteiger partial charge in [0.2, 0.25) is 18.0 Å². The fraction of sp³-hybridized carbons (Fsp3) is 0.318. The van der Waals surface area contributed by atoms with E-state index in [-0.39, 0.29) is 5.91 Å². The second kappa shape index (κ2) is 9.30. The van der Waals surface area contributed by atoms with Crippen molar-refractivity contribution in [1.82, 2.24) is 5.01 Å². The minimum Gasteiger partial charge on any atom is -0.446 e. The minimum atomic E-state index is -0.841. The standard InChI is InChI=1S/C22H24BrN3O4/c1-5-25(6-2)18-10-7-16(8-11-18)21-24-26(14(3)27)22(30-21)19-13-17(23)9-12-20(19)29-15(4)28/h7-13,22H,5-6H2,1-4H3/t22-/m0/s1. The Labute approximate surface area is 184 Å². The fourth-order valence-corrected chi connectivity index (χ4v) is 3.63. The normalized spacial score (nSPS) is 15.4. The zero-order chi connectivity index (χ0) is 21.8. The maximum atomic E-state index is 12.3. The molecule has 0 fully saturated rings. The number of benzene rings is 2. The van der Waals surface area contributed by atoms with E-state index in [1.165, 1.54) is 18.9 Å². The Hall–Kier alpha value is -2.87. The van der Waals surface area contributed by atoms with Crippen LogP contribution < -0.4 is 9.64 Å². The van der Waals surface area contributed by atoms with E-state index in [0.717, 1.165) is 28.8 Å². The maximum Gasteiger partial charge on any atom is 0.308 e. The number of anilines is 1. The van der Waals surface area contributed by atoms with Gasteiger partial charge in [-0.3, -0.25) is 9.59 Å². The molecule has 0 bridgehead atoms. The molecule has 0 radical (unpaired) electrons. The predicted molar refractivity (Wildman–Crippen MR) is 118 cm³/mol. The van der Waals surface area contributed by atoms with E-state index in [9.17, 15) is 9.59 Å². The van der Waals surface area contributed by atoms with Crippen molar-refractivity contribution in [3.05, 3.63) is 58.1 Å². The smallest absolute Gasteiger partial charge is 0.308 e. The molecule has 1 amide bonds. The van der Waals surface area contributed by atoms with Gasteiger partial charge in [0, 0.05) is 42.7 Å². The van der Waals surface area contributed by atoms with Crippen molar-refractivity contribution in [3.8, 4) is 5.75 Å². The molecular formula is C22H24BrN3O4. The van der Waals surface area contributed by atoms with Crippen molar-refractivity contribution < 1.29 is 19.1 Å². The second-order valence-corrected chi connectivity index (χ2v) is 7.65. The molecule has 3 rings (SSSR count). The number of halogens is 1. The van der Waals surface area contributed by atoms with Crippen LogP contribution in [0.15, 0.2) is 52.0 Å². The molecule has 0 unspecified atom stereocenters. The molecule has 2 aromatic carbocycles. The van der Waals surface area contributed by atoms with Gasteiger partial charge < -0.3 is 14.4 Å². The fourth-order valence-electron chi connectivity index (χ4n) is 3.25. The summed E-state index contributed by atoms with van der Waals surface area (Å²) in [5.74, 6) is -0.104. The van der Waals surface area contributed by atoms with Crippen molar-refractivity contribution in [1.29, 1.82) is 0 Å². The van der Waals surface area contributed by atoms with E-state index in [1.54, 1.807) is 18.2 Å². The summed E-state index contributed by atoms with van der Waals surface area (Å²) in [7, 11) is 0. The summed E-state index contributed by atoms with van der Waals surface area (Å²) in [5, 5.41) is 5.64. The summed E-state index contributed by atoms with van der Waals surface area (Å²) in [6.07, 6.45) is -0.841. The number of hydrogen-bond acceptors (Lipinski definition) is 6. The van der Waals surface area contributed by atoms with Gasteiger partial charge in [-0.25, -0.2) is 0 Å². The third-order valence-corrected chi connectivity index (χ3v) is 5.19. The van der Waals surface area contributed by atoms with Crippen LogP contribution in [-0.2, 0) is 14.3 Å². The van der Waals surface area contributed by atoms with E-state index in [4.69, 9.17) is 9.47 Å². The first kappa shape index (κ1) is 21.8. The molecule has 0 N–H and O–H groups in total. The molecule has 158 valence electrons. The Kier molecular flexibility index (Phi) is 6.77. The summed E-state index contributed by atoms with van der Waals surface area (Å²) in [4.78, 5) is 26.0. The first-order valence-corrected chi connectivity index (χ1v) is 10.5. The van der Waals surface area contributed by atoms with Crippen LogP contribution in [0.3, 0.4) is 0 Å². The van der Waals surface area contributed by atoms with Gasteiger partial charge in [0.15, 0.2) is 0 Å². The number of carbonyl (C=O) groups is 2. The van der Waals surface area contributed by atoms with E-state index < -0.39 is 12.2 Å². The molecule has 0 spiro atoms. The Balaban J connectivity index is 1.93. The monoisotopic (exact) mass is 473 g/mol. The number of rotatable bonds is 6. The van der Waals surface area contributed by atoms with E-state index in [0.29, 0.717) is 17.2 Å². The summed E-state index contributed by atoms with van der Waals surface area (Å²) in [6, 6.07) is 13.0. The van der Waals surface area contributed by atoms with Gasteiger partial charge in [-0.15, -0.1) is 5.10 Å². The second-order valence-electron chi connectivity index (χ2n) is 6.73. The Morgan fingerprint density at radius 3 is 2.37 bits per heavy atom. The minimum absolute atomic E-state index is 0.288. The van der Waals surface area contributed by atoms with E-state index in [1.807, 2.05) is 24.3 Å². The molecule has 30 heavy (non-hydrogen) atoms. The van der Waals surface area contributed by atoms with Gasteiger partial charge in [-0.05, 0) is 56.3 Å². The average Bonchev–Trinajstić information content (AvgIpc) is 3.16. The first-order chi connectivity index (χ1) is 14.3. The highest BCUT2D eigenvalue weighted by molar-refractivity contribution is 9.10. The lowest BCUT2D eigenvalue weighted by Gasteiger charge is -2.22. The van der Waals surface area contributed by atoms with E-state index in [2.05, 4.69) is 39.8 Å². The quantitative estimate of drug-likeness (QED) is 0.457. The molecule has 1 aliphatic rings. The summed E-state index contributed by atoms with van der Waals surface area (Å²) in [5.41, 5.74) is 2.38. The Morgan fingerprint density at radius 1 is 1.13 bits per heavy atom. The van der Waals surface area contributed by atoms with Crippen molar-refractivity contribution in [2.75, 3.05) is 18.0 Å². The van der Waals surface area contributed by atoms with Crippen LogP contribution in [-0.4, -0.2) is 35.9 Å². The topological polar surface area (TPSA) is 71.4 Å². The van der Waals surface area contributed by atoms with Crippen LogP contribution in [0, 0.1) is 0 Å². The third-order valence-electron chi connectivity index (χ3n) is 4.70. The van der Waals surface area contributed by atoms with Gasteiger partial charge in [0.1, 0.15) is 5.75 Å². The first-order valence-electron chi connectivity index (χ1n) is 9.72. The molecule has 1 heterocycles. The lowest BCUT2D eigenvalue weighted by atomic mass is 10.1. The summed E-state index contributed by atoms with van der Waals surface area (Å²) >= 11 is 3.42. The van der Waals surface area contributed by atoms with Crippen molar-refractivity contribution in [2.24, 2.45) is 5.10 Å². The molecule has 1 atom stereocenters. The largest absolute Gasteiger partial charge is 0.446 e. The lowest BCUT2D eigenvalue weighted by molar-refractivity contribution is -0.135. The van der Waals surface area contributed by atoms with E-state index >= 15 is 0 Å². The molecule has 0 aromatic heterocycles. The maximum absolute atomic E-state index is 12.3. The molecule has 0 saturated heterocycles. The van der Waals surface area contributed by atoms with Gasteiger partial charge >= 0.3 is 5.97 Å². The number of hydrogen-bond donors (Lipinski definition) is 0. The number of nitrogens with zero attached hydrogens (tertiary/aromatic N) is 3. The predicted octanol–water partition coefficient (Wildman–Crippen LogP) is 4.46. The van der Waals surface area contributed by atoms with Crippen molar-refractivity contribution in [2.45, 2.75) is 33.9 Å². The summed E-state index contributed by atoms with van der Waals surface area (Å²) < 4.78 is 12.1. The van der Waals surface area contributed by atoms with Crippen LogP contribution in [0.25, 0.3) is 0 Å².